The van der Waals surface area contributed by atoms with Crippen LogP contribution < -0.4 is 4.90 Å². The zero-order chi connectivity index (χ0) is 37.7. The molecule has 0 aliphatic carbocycles. The van der Waals surface area contributed by atoms with Gasteiger partial charge in [-0.2, -0.15) is 0 Å². The van der Waals surface area contributed by atoms with Gasteiger partial charge in [-0.1, -0.05) is 103 Å². The molecule has 0 bridgehead atoms. The molecule has 0 N–H and O–H groups in total. The first-order valence-corrected chi connectivity index (χ1v) is 19.4. The molecule has 0 aliphatic rings. The van der Waals surface area contributed by atoms with E-state index in [0.29, 0.717) is 0 Å². The maximum Gasteiger partial charge on any atom is 0.0541 e. The van der Waals surface area contributed by atoms with Crippen LogP contribution in [0.4, 0.5) is 17.1 Å². The van der Waals surface area contributed by atoms with Crippen LogP contribution in [0, 0.1) is 0 Å². The maximum atomic E-state index is 4.27. The normalized spacial score (nSPS) is 11.5. The smallest absolute Gasteiger partial charge is 0.0541 e. The Labute approximate surface area is 330 Å². The molecule has 4 heteroatoms. The Balaban J connectivity index is 1.05. The van der Waals surface area contributed by atoms with E-state index in [2.05, 4.69) is 225 Å². The van der Waals surface area contributed by atoms with Crippen molar-refractivity contribution >= 4 is 60.7 Å². The van der Waals surface area contributed by atoms with Gasteiger partial charge in [0.1, 0.15) is 0 Å². The highest BCUT2D eigenvalue weighted by atomic mass is 15.1. The summed E-state index contributed by atoms with van der Waals surface area (Å²) in [7, 11) is 0. The second-order valence-electron chi connectivity index (χ2n) is 14.5. The molecule has 0 aliphatic heterocycles. The van der Waals surface area contributed by atoms with Crippen LogP contribution in [0.5, 0.6) is 0 Å². The first-order chi connectivity index (χ1) is 28.3. The third kappa shape index (κ3) is 5.58. The molecule has 0 unspecified atom stereocenters. The lowest BCUT2D eigenvalue weighted by molar-refractivity contribution is 1.16. The number of para-hydroxylation sites is 4. The summed E-state index contributed by atoms with van der Waals surface area (Å²) in [5.74, 6) is 0. The minimum Gasteiger partial charge on any atom is -0.311 e. The van der Waals surface area contributed by atoms with E-state index >= 15 is 0 Å². The van der Waals surface area contributed by atoms with Gasteiger partial charge >= 0.3 is 0 Å². The van der Waals surface area contributed by atoms with Crippen LogP contribution in [0.3, 0.4) is 0 Å². The van der Waals surface area contributed by atoms with Crippen molar-refractivity contribution in [2.45, 2.75) is 0 Å². The molecule has 0 fully saturated rings. The number of anilines is 3. The Bertz CT molecular complexity index is 3160. The number of benzene rings is 8. The number of nitrogens with zero attached hydrogens (tertiary/aromatic N) is 4. The summed E-state index contributed by atoms with van der Waals surface area (Å²) in [6.45, 7) is 0. The molecule has 11 rings (SSSR count). The summed E-state index contributed by atoms with van der Waals surface area (Å²) in [5.41, 5.74) is 15.1. The first kappa shape index (κ1) is 32.7. The monoisotopic (exact) mass is 728 g/mol. The number of rotatable bonds is 7. The van der Waals surface area contributed by atoms with Gasteiger partial charge in [0, 0.05) is 62.4 Å². The predicted molar refractivity (Wildman–Crippen MR) is 238 cm³/mol. The summed E-state index contributed by atoms with van der Waals surface area (Å²) in [4.78, 5) is 6.57. The Morgan fingerprint density at radius 1 is 0.298 bits per heavy atom. The van der Waals surface area contributed by atoms with E-state index in [0.717, 1.165) is 28.4 Å². The molecule has 0 saturated heterocycles. The minimum atomic E-state index is 1.11. The van der Waals surface area contributed by atoms with Crippen LogP contribution in [0.25, 0.3) is 77.2 Å². The van der Waals surface area contributed by atoms with Gasteiger partial charge in [-0.25, -0.2) is 0 Å². The fourth-order valence-electron chi connectivity index (χ4n) is 8.57. The maximum absolute atomic E-state index is 4.27. The van der Waals surface area contributed by atoms with E-state index in [-0.39, 0.29) is 0 Å². The van der Waals surface area contributed by atoms with Gasteiger partial charge in [0.2, 0.25) is 0 Å². The molecule has 0 spiro atoms. The molecular formula is C53H36N4. The zero-order valence-electron chi connectivity index (χ0n) is 31.1. The molecule has 0 saturated carbocycles. The van der Waals surface area contributed by atoms with E-state index in [1.54, 1.807) is 0 Å². The summed E-state index contributed by atoms with van der Waals surface area (Å²) in [6.07, 6.45) is 3.72. The Hall–Kier alpha value is -7.69. The second kappa shape index (κ2) is 13.6. The summed E-state index contributed by atoms with van der Waals surface area (Å²) < 4.78 is 4.73. The molecule has 57 heavy (non-hydrogen) atoms. The third-order valence-corrected chi connectivity index (χ3v) is 11.2. The van der Waals surface area contributed by atoms with E-state index in [1.165, 1.54) is 65.9 Å². The van der Waals surface area contributed by atoms with Crippen LogP contribution >= 0.6 is 0 Å². The molecule has 268 valence electrons. The first-order valence-electron chi connectivity index (χ1n) is 19.4. The van der Waals surface area contributed by atoms with Gasteiger partial charge in [0.15, 0.2) is 0 Å². The van der Waals surface area contributed by atoms with Crippen LogP contribution in [-0.2, 0) is 0 Å². The number of aromatic nitrogens is 3. The fraction of sp³-hybridized carbons (Fsp3) is 0. The average molecular weight is 729 g/mol. The third-order valence-electron chi connectivity index (χ3n) is 11.2. The van der Waals surface area contributed by atoms with Gasteiger partial charge in [0.25, 0.3) is 0 Å². The Morgan fingerprint density at radius 2 is 0.684 bits per heavy atom. The van der Waals surface area contributed by atoms with Crippen LogP contribution in [0.1, 0.15) is 0 Å². The average Bonchev–Trinajstić information content (AvgIpc) is 3.80. The van der Waals surface area contributed by atoms with Crippen molar-refractivity contribution < 1.29 is 0 Å². The highest BCUT2D eigenvalue weighted by molar-refractivity contribution is 6.13. The Morgan fingerprint density at radius 3 is 1.23 bits per heavy atom. The predicted octanol–water partition coefficient (Wildman–Crippen LogP) is 14.1. The van der Waals surface area contributed by atoms with Crippen molar-refractivity contribution in [3.63, 3.8) is 0 Å². The lowest BCUT2D eigenvalue weighted by Crippen LogP contribution is -2.09. The van der Waals surface area contributed by atoms with Crippen molar-refractivity contribution in [1.82, 2.24) is 14.1 Å². The molecule has 4 nitrogen and oxygen atoms in total. The van der Waals surface area contributed by atoms with Gasteiger partial charge in [0.05, 0.1) is 22.1 Å². The van der Waals surface area contributed by atoms with E-state index in [1.807, 2.05) is 12.4 Å². The Kier molecular flexibility index (Phi) is 7.78. The molecule has 0 amide bonds. The van der Waals surface area contributed by atoms with E-state index in [4.69, 9.17) is 0 Å². The van der Waals surface area contributed by atoms with Crippen molar-refractivity contribution in [3.05, 3.63) is 219 Å². The summed E-state index contributed by atoms with van der Waals surface area (Å²) >= 11 is 0. The molecular weight excluding hydrogens is 693 g/mol. The molecule has 3 heterocycles. The molecule has 0 atom stereocenters. The van der Waals surface area contributed by atoms with E-state index in [9.17, 15) is 0 Å². The van der Waals surface area contributed by atoms with Crippen LogP contribution in [-0.4, -0.2) is 14.1 Å². The molecule has 8 aromatic carbocycles. The molecule has 11 aromatic rings. The highest BCUT2D eigenvalue weighted by Gasteiger charge is 2.18. The largest absolute Gasteiger partial charge is 0.311 e. The van der Waals surface area contributed by atoms with E-state index < -0.39 is 0 Å². The lowest BCUT2D eigenvalue weighted by Gasteiger charge is -2.25. The second-order valence-corrected chi connectivity index (χ2v) is 14.5. The molecule has 0 radical (unpaired) electrons. The number of pyridine rings is 1. The number of hydrogen-bond donors (Lipinski definition) is 0. The van der Waals surface area contributed by atoms with Gasteiger partial charge in [-0.15, -0.1) is 0 Å². The zero-order valence-corrected chi connectivity index (χ0v) is 31.1. The number of hydrogen-bond acceptors (Lipinski definition) is 2. The number of fused-ring (bicyclic) bond motifs is 6. The summed E-state index contributed by atoms with van der Waals surface area (Å²) in [6, 6.07) is 74.3. The van der Waals surface area contributed by atoms with Crippen molar-refractivity contribution in [1.29, 1.82) is 0 Å². The van der Waals surface area contributed by atoms with Crippen molar-refractivity contribution in [2.75, 3.05) is 4.90 Å². The SMILES string of the molecule is c1ccc(N(c2ccccc2)c2ccc(-c3ccc4c(c3)c3cc(-c5ccc6c(c5)c5ccccc5n6-c5ccncc5)ccc3n4-c3ccccc3)cc2)cc1. The van der Waals surface area contributed by atoms with Crippen molar-refractivity contribution in [3.8, 4) is 33.6 Å². The van der Waals surface area contributed by atoms with Gasteiger partial charge < -0.3 is 14.0 Å². The topological polar surface area (TPSA) is 26.0 Å². The van der Waals surface area contributed by atoms with Gasteiger partial charge in [-0.05, 0) is 125 Å². The standard InChI is InChI=1S/C53H36N4/c1-4-12-41(13-5-1)55(42-14-6-2-7-15-42)44-25-20-37(21-26-44)38-22-27-52-48(34-38)49-36-40(24-29-53(49)56(52)43-16-8-3-9-17-43)39-23-28-51-47(35-39)46-18-10-11-19-50(46)57(51)45-30-32-54-33-31-45/h1-36H. The van der Waals surface area contributed by atoms with Gasteiger partial charge in [-0.3, -0.25) is 4.98 Å². The van der Waals surface area contributed by atoms with Crippen LogP contribution in [0.2, 0.25) is 0 Å². The quantitative estimate of drug-likeness (QED) is 0.163. The molecule has 3 aromatic heterocycles. The fourth-order valence-corrected chi connectivity index (χ4v) is 8.57. The summed E-state index contributed by atoms with van der Waals surface area (Å²) in [5, 5.41) is 4.92. The lowest BCUT2D eigenvalue weighted by atomic mass is 9.99. The minimum absolute atomic E-state index is 1.11. The van der Waals surface area contributed by atoms with Crippen molar-refractivity contribution in [2.24, 2.45) is 0 Å². The van der Waals surface area contributed by atoms with Crippen LogP contribution in [0.15, 0.2) is 219 Å². The highest BCUT2D eigenvalue weighted by Crippen LogP contribution is 2.40.